The highest BCUT2D eigenvalue weighted by molar-refractivity contribution is 7.92. The number of ether oxygens (including phenoxy) is 1. The van der Waals surface area contributed by atoms with E-state index < -0.39 is 40.2 Å². The molecule has 11 heteroatoms. The molecule has 1 N–H and O–H groups in total. The van der Waals surface area contributed by atoms with Crippen LogP contribution < -0.4 is 14.4 Å². The number of hydrogen-bond donors (Lipinski definition) is 1. The van der Waals surface area contributed by atoms with Crippen molar-refractivity contribution >= 4 is 39.1 Å². The molecule has 0 aliphatic heterocycles. The molecule has 1 atom stereocenters. The van der Waals surface area contributed by atoms with E-state index in [1.165, 1.54) is 55.5 Å². The van der Waals surface area contributed by atoms with Gasteiger partial charge >= 0.3 is 0 Å². The third kappa shape index (κ3) is 7.91. The average Bonchev–Trinajstić information content (AvgIpc) is 3.03. The number of amides is 2. The van der Waals surface area contributed by atoms with Crippen molar-refractivity contribution in [2.75, 3.05) is 25.0 Å². The van der Waals surface area contributed by atoms with Crippen LogP contribution in [0.5, 0.6) is 5.75 Å². The molecule has 0 aliphatic carbocycles. The fourth-order valence-electron chi connectivity index (χ4n) is 4.52. The van der Waals surface area contributed by atoms with E-state index in [4.69, 9.17) is 16.3 Å². The maximum atomic E-state index is 14.2. The maximum absolute atomic E-state index is 14.2. The summed E-state index contributed by atoms with van der Waals surface area (Å²) in [6.07, 6.45) is 0.182. The highest BCUT2D eigenvalue weighted by Gasteiger charge is 2.34. The van der Waals surface area contributed by atoms with Crippen LogP contribution in [0.1, 0.15) is 11.1 Å². The van der Waals surface area contributed by atoms with Gasteiger partial charge in [0, 0.05) is 25.0 Å². The molecule has 0 aromatic heterocycles. The van der Waals surface area contributed by atoms with Crippen molar-refractivity contribution in [2.24, 2.45) is 0 Å². The van der Waals surface area contributed by atoms with Crippen LogP contribution in [-0.4, -0.2) is 51.9 Å². The van der Waals surface area contributed by atoms with Gasteiger partial charge in [0.25, 0.3) is 10.0 Å². The van der Waals surface area contributed by atoms with Gasteiger partial charge in [0.1, 0.15) is 24.2 Å². The molecule has 8 nitrogen and oxygen atoms in total. The lowest BCUT2D eigenvalue weighted by Crippen LogP contribution is -2.53. The fraction of sp³-hybridized carbons (Fsp3) is 0.188. The van der Waals surface area contributed by atoms with Gasteiger partial charge in [-0.2, -0.15) is 0 Å². The number of rotatable bonds is 12. The molecule has 4 aromatic rings. The second-order valence-corrected chi connectivity index (χ2v) is 11.9. The highest BCUT2D eigenvalue weighted by Crippen LogP contribution is 2.27. The van der Waals surface area contributed by atoms with Crippen LogP contribution in [0.25, 0.3) is 0 Å². The second-order valence-electron chi connectivity index (χ2n) is 9.63. The van der Waals surface area contributed by atoms with E-state index in [0.717, 1.165) is 22.0 Å². The summed E-state index contributed by atoms with van der Waals surface area (Å²) >= 11 is 6.08. The SMILES string of the molecule is CNC(=O)C(Cc1ccccc1)N(Cc1ccc(Cl)cc1)C(=O)CN(c1ccc(F)cc1)S(=O)(=O)c1ccc(OC)cc1. The number of hydrogen-bond acceptors (Lipinski definition) is 5. The number of carbonyl (C=O) groups is 2. The lowest BCUT2D eigenvalue weighted by atomic mass is 10.0. The summed E-state index contributed by atoms with van der Waals surface area (Å²) in [5.74, 6) is -1.17. The van der Waals surface area contributed by atoms with Crippen molar-refractivity contribution in [3.8, 4) is 5.75 Å². The van der Waals surface area contributed by atoms with Crippen LogP contribution in [0.2, 0.25) is 5.02 Å². The lowest BCUT2D eigenvalue weighted by molar-refractivity contribution is -0.139. The summed E-state index contributed by atoms with van der Waals surface area (Å²) in [5, 5.41) is 3.14. The molecule has 0 fully saturated rings. The highest BCUT2D eigenvalue weighted by atomic mass is 35.5. The third-order valence-corrected chi connectivity index (χ3v) is 8.86. The van der Waals surface area contributed by atoms with E-state index in [1.54, 1.807) is 24.3 Å². The van der Waals surface area contributed by atoms with Crippen molar-refractivity contribution in [3.63, 3.8) is 0 Å². The predicted octanol–water partition coefficient (Wildman–Crippen LogP) is 5.07. The number of benzene rings is 4. The predicted molar refractivity (Wildman–Crippen MR) is 164 cm³/mol. The van der Waals surface area contributed by atoms with E-state index in [9.17, 15) is 22.4 Å². The molecular formula is C32H31ClFN3O5S. The van der Waals surface area contributed by atoms with Crippen molar-refractivity contribution in [2.45, 2.75) is 23.9 Å². The molecule has 0 radical (unpaired) electrons. The largest absolute Gasteiger partial charge is 0.497 e. The van der Waals surface area contributed by atoms with Gasteiger partial charge < -0.3 is 15.0 Å². The number of sulfonamides is 1. The zero-order chi connectivity index (χ0) is 31.0. The number of likely N-dealkylation sites (N-methyl/N-ethyl adjacent to an activating group) is 1. The minimum Gasteiger partial charge on any atom is -0.497 e. The maximum Gasteiger partial charge on any atom is 0.264 e. The first-order chi connectivity index (χ1) is 20.6. The monoisotopic (exact) mass is 623 g/mol. The van der Waals surface area contributed by atoms with E-state index in [2.05, 4.69) is 5.32 Å². The molecule has 0 heterocycles. The Hall–Kier alpha value is -4.41. The third-order valence-electron chi connectivity index (χ3n) is 6.82. The number of nitrogens with zero attached hydrogens (tertiary/aromatic N) is 2. The normalized spacial score (nSPS) is 11.8. The molecular weight excluding hydrogens is 593 g/mol. The summed E-state index contributed by atoms with van der Waals surface area (Å²) in [5.41, 5.74) is 1.58. The summed E-state index contributed by atoms with van der Waals surface area (Å²) in [6, 6.07) is 25.6. The molecule has 224 valence electrons. The van der Waals surface area contributed by atoms with Gasteiger partial charge in [-0.05, 0) is 71.8 Å². The zero-order valence-corrected chi connectivity index (χ0v) is 25.2. The average molecular weight is 624 g/mol. The van der Waals surface area contributed by atoms with Gasteiger partial charge in [-0.1, -0.05) is 54.1 Å². The molecule has 2 amide bonds. The minimum absolute atomic E-state index is 0.000758. The molecule has 43 heavy (non-hydrogen) atoms. The number of anilines is 1. The number of methoxy groups -OCH3 is 1. The van der Waals surface area contributed by atoms with Crippen LogP contribution in [-0.2, 0) is 32.6 Å². The van der Waals surface area contributed by atoms with Crippen molar-refractivity contribution < 1.29 is 27.1 Å². The Morgan fingerprint density at radius 3 is 2.09 bits per heavy atom. The first-order valence-corrected chi connectivity index (χ1v) is 15.2. The molecule has 0 aliphatic rings. The van der Waals surface area contributed by atoms with Gasteiger partial charge in [-0.25, -0.2) is 12.8 Å². The molecule has 4 rings (SSSR count). The number of carbonyl (C=O) groups excluding carboxylic acids is 2. The van der Waals surface area contributed by atoms with Crippen molar-refractivity contribution in [1.82, 2.24) is 10.2 Å². The Balaban J connectivity index is 1.77. The molecule has 0 bridgehead atoms. The van der Waals surface area contributed by atoms with E-state index in [0.29, 0.717) is 16.3 Å². The molecule has 0 saturated heterocycles. The fourth-order valence-corrected chi connectivity index (χ4v) is 6.06. The zero-order valence-electron chi connectivity index (χ0n) is 23.6. The van der Waals surface area contributed by atoms with Crippen LogP contribution >= 0.6 is 11.6 Å². The first-order valence-electron chi connectivity index (χ1n) is 13.3. The smallest absolute Gasteiger partial charge is 0.264 e. The molecule has 0 spiro atoms. The Kier molecular flexibility index (Phi) is 10.4. The topological polar surface area (TPSA) is 96.0 Å². The Bertz CT molecular complexity index is 1640. The van der Waals surface area contributed by atoms with Crippen LogP contribution in [0.15, 0.2) is 108 Å². The van der Waals surface area contributed by atoms with E-state index >= 15 is 0 Å². The van der Waals surface area contributed by atoms with Crippen LogP contribution in [0.4, 0.5) is 10.1 Å². The van der Waals surface area contributed by atoms with Gasteiger partial charge in [-0.15, -0.1) is 0 Å². The van der Waals surface area contributed by atoms with Gasteiger partial charge in [-0.3, -0.25) is 13.9 Å². The van der Waals surface area contributed by atoms with Crippen molar-refractivity contribution in [3.05, 3.63) is 125 Å². The van der Waals surface area contributed by atoms with Gasteiger partial charge in [0.2, 0.25) is 11.8 Å². The summed E-state index contributed by atoms with van der Waals surface area (Å²) in [4.78, 5) is 28.7. The Morgan fingerprint density at radius 2 is 1.51 bits per heavy atom. The van der Waals surface area contributed by atoms with E-state index in [-0.39, 0.29) is 23.5 Å². The van der Waals surface area contributed by atoms with Gasteiger partial charge in [0.05, 0.1) is 17.7 Å². The Labute approximate surface area is 255 Å². The minimum atomic E-state index is -4.32. The number of nitrogens with one attached hydrogen (secondary N) is 1. The molecule has 0 saturated carbocycles. The summed E-state index contributed by atoms with van der Waals surface area (Å²) in [7, 11) is -1.38. The van der Waals surface area contributed by atoms with E-state index in [1.807, 2.05) is 30.3 Å². The van der Waals surface area contributed by atoms with Crippen molar-refractivity contribution in [1.29, 1.82) is 0 Å². The Morgan fingerprint density at radius 1 is 0.884 bits per heavy atom. The van der Waals surface area contributed by atoms with Crippen LogP contribution in [0.3, 0.4) is 0 Å². The second kappa shape index (κ2) is 14.2. The van der Waals surface area contributed by atoms with Crippen LogP contribution in [0, 0.1) is 5.82 Å². The first kappa shape index (κ1) is 31.5. The van der Waals surface area contributed by atoms with Gasteiger partial charge in [0.15, 0.2) is 0 Å². The lowest BCUT2D eigenvalue weighted by Gasteiger charge is -2.33. The molecule has 4 aromatic carbocycles. The summed E-state index contributed by atoms with van der Waals surface area (Å²) in [6.45, 7) is -0.656. The standard InChI is InChI=1S/C32H31ClFN3O5S/c1-35-32(39)30(20-23-6-4-3-5-7-23)36(21-24-8-10-25(33)11-9-24)31(38)22-37(27-14-12-26(34)13-15-27)43(40,41)29-18-16-28(42-2)17-19-29/h3-19,30H,20-22H2,1-2H3,(H,35,39). The quantitative estimate of drug-likeness (QED) is 0.238. The molecule has 1 unspecified atom stereocenters. The number of halogens is 2. The summed E-state index contributed by atoms with van der Waals surface area (Å²) < 4.78 is 47.8.